The molecule has 0 fully saturated rings. The zero-order valence-corrected chi connectivity index (χ0v) is 8.93. The van der Waals surface area contributed by atoms with E-state index in [0.29, 0.717) is 17.2 Å². The molecule has 82 valence electrons. The van der Waals surface area contributed by atoms with Gasteiger partial charge in [-0.2, -0.15) is 0 Å². The molecule has 0 spiro atoms. The summed E-state index contributed by atoms with van der Waals surface area (Å²) in [4.78, 5) is 26.9. The van der Waals surface area contributed by atoms with Gasteiger partial charge >= 0.3 is 0 Å². The Balaban J connectivity index is 2.45. The molecule has 0 aliphatic heterocycles. The number of benzene rings is 1. The van der Waals surface area contributed by atoms with Crippen LogP contribution in [0.3, 0.4) is 0 Å². The molecular formula is C11H10N2O3. The van der Waals surface area contributed by atoms with Crippen LogP contribution < -0.4 is 4.90 Å². The van der Waals surface area contributed by atoms with Gasteiger partial charge in [-0.3, -0.25) is 9.59 Å². The van der Waals surface area contributed by atoms with E-state index in [-0.39, 0.29) is 6.29 Å². The minimum absolute atomic E-state index is 0.274. The maximum absolute atomic E-state index is 11.2. The fourth-order valence-electron chi connectivity index (χ4n) is 1.44. The number of aromatic nitrogens is 1. The maximum Gasteiger partial charge on any atom is 0.290 e. The molecule has 1 amide bonds. The molecule has 0 aliphatic carbocycles. The summed E-state index contributed by atoms with van der Waals surface area (Å²) in [5.41, 5.74) is 1.93. The van der Waals surface area contributed by atoms with E-state index in [1.807, 2.05) is 0 Å². The molecule has 0 bridgehead atoms. The van der Waals surface area contributed by atoms with Gasteiger partial charge < -0.3 is 9.32 Å². The lowest BCUT2D eigenvalue weighted by atomic mass is 10.2. The first-order valence-electron chi connectivity index (χ1n) is 4.72. The van der Waals surface area contributed by atoms with Crippen LogP contribution in [0, 0.1) is 6.92 Å². The van der Waals surface area contributed by atoms with Crippen molar-refractivity contribution in [2.24, 2.45) is 0 Å². The Labute approximate surface area is 91.7 Å². The number of nitrogens with zero attached hydrogens (tertiary/aromatic N) is 2. The first kappa shape index (κ1) is 10.4. The average Bonchev–Trinajstić information content (AvgIpc) is 2.65. The molecule has 2 aromatic rings. The number of aryl methyl sites for hydroxylation is 1. The Hall–Kier alpha value is -2.17. The van der Waals surface area contributed by atoms with Gasteiger partial charge in [0.1, 0.15) is 5.52 Å². The van der Waals surface area contributed by atoms with Crippen LogP contribution in [0.15, 0.2) is 22.6 Å². The third-order valence-corrected chi connectivity index (χ3v) is 2.30. The van der Waals surface area contributed by atoms with E-state index in [2.05, 4.69) is 4.98 Å². The maximum atomic E-state index is 11.2. The number of anilines is 1. The predicted molar refractivity (Wildman–Crippen MR) is 58.2 cm³/mol. The van der Waals surface area contributed by atoms with Gasteiger partial charge in [0, 0.05) is 25.7 Å². The van der Waals surface area contributed by atoms with E-state index in [4.69, 9.17) is 4.42 Å². The summed E-state index contributed by atoms with van der Waals surface area (Å²) in [7, 11) is 1.53. The Morgan fingerprint density at radius 3 is 2.94 bits per heavy atom. The highest BCUT2D eigenvalue weighted by Gasteiger charge is 2.11. The minimum Gasteiger partial charge on any atom is -0.441 e. The van der Waals surface area contributed by atoms with E-state index < -0.39 is 5.91 Å². The van der Waals surface area contributed by atoms with Crippen molar-refractivity contribution in [2.45, 2.75) is 6.92 Å². The third kappa shape index (κ3) is 1.67. The number of rotatable bonds is 2. The average molecular weight is 218 g/mol. The summed E-state index contributed by atoms with van der Waals surface area (Å²) in [6.45, 7) is 1.75. The second kappa shape index (κ2) is 3.77. The largest absolute Gasteiger partial charge is 0.441 e. The monoisotopic (exact) mass is 218 g/mol. The molecular weight excluding hydrogens is 208 g/mol. The highest BCUT2D eigenvalue weighted by molar-refractivity contribution is 6.30. The van der Waals surface area contributed by atoms with Crippen LogP contribution in [0.1, 0.15) is 5.89 Å². The Morgan fingerprint density at radius 2 is 2.25 bits per heavy atom. The molecule has 2 rings (SSSR count). The van der Waals surface area contributed by atoms with E-state index in [0.717, 1.165) is 5.52 Å². The molecule has 1 aromatic heterocycles. The quantitative estimate of drug-likeness (QED) is 0.563. The standard InChI is InChI=1S/C11H10N2O3/c1-7-12-9-4-3-8(5-10(9)16-7)13(2)11(15)6-14/h3-6H,1-2H3. The van der Waals surface area contributed by atoms with Gasteiger partial charge in [0.2, 0.25) is 6.29 Å². The van der Waals surface area contributed by atoms with Gasteiger partial charge in [0.15, 0.2) is 11.5 Å². The summed E-state index contributed by atoms with van der Waals surface area (Å²) in [5.74, 6) is -0.0351. The molecule has 0 saturated heterocycles. The molecule has 0 N–H and O–H groups in total. The van der Waals surface area contributed by atoms with E-state index in [1.54, 1.807) is 25.1 Å². The summed E-state index contributed by atoms with van der Waals surface area (Å²) in [6, 6.07) is 5.14. The molecule has 5 nitrogen and oxygen atoms in total. The molecule has 0 aliphatic rings. The summed E-state index contributed by atoms with van der Waals surface area (Å²) in [5, 5.41) is 0. The van der Waals surface area contributed by atoms with Crippen molar-refractivity contribution in [1.29, 1.82) is 0 Å². The molecule has 0 atom stereocenters. The third-order valence-electron chi connectivity index (χ3n) is 2.30. The Morgan fingerprint density at radius 1 is 1.50 bits per heavy atom. The van der Waals surface area contributed by atoms with Crippen molar-refractivity contribution >= 4 is 29.0 Å². The number of likely N-dealkylation sites (N-methyl/N-ethyl adjacent to an activating group) is 1. The van der Waals surface area contributed by atoms with Crippen molar-refractivity contribution in [3.63, 3.8) is 0 Å². The van der Waals surface area contributed by atoms with Crippen LogP contribution in [-0.2, 0) is 9.59 Å². The van der Waals surface area contributed by atoms with Crippen LogP contribution in [0.4, 0.5) is 5.69 Å². The molecule has 5 heteroatoms. The predicted octanol–water partition coefficient (Wildman–Crippen LogP) is 1.30. The Bertz CT molecular complexity index is 559. The zero-order valence-electron chi connectivity index (χ0n) is 8.93. The lowest BCUT2D eigenvalue weighted by Crippen LogP contribution is -2.26. The molecule has 0 saturated carbocycles. The van der Waals surface area contributed by atoms with Gasteiger partial charge in [-0.25, -0.2) is 4.98 Å². The number of carbonyl (C=O) groups excluding carboxylic acids is 2. The molecule has 0 radical (unpaired) electrons. The summed E-state index contributed by atoms with van der Waals surface area (Å²) < 4.78 is 5.33. The topological polar surface area (TPSA) is 63.4 Å². The van der Waals surface area contributed by atoms with Crippen molar-refractivity contribution in [3.8, 4) is 0 Å². The van der Waals surface area contributed by atoms with Crippen LogP contribution in [0.25, 0.3) is 11.1 Å². The van der Waals surface area contributed by atoms with Crippen molar-refractivity contribution < 1.29 is 14.0 Å². The fraction of sp³-hybridized carbons (Fsp3) is 0.182. The lowest BCUT2D eigenvalue weighted by Gasteiger charge is -2.13. The van der Waals surface area contributed by atoms with Crippen molar-refractivity contribution in [1.82, 2.24) is 4.98 Å². The fourth-order valence-corrected chi connectivity index (χ4v) is 1.44. The van der Waals surface area contributed by atoms with E-state index in [9.17, 15) is 9.59 Å². The minimum atomic E-state index is -0.601. The smallest absolute Gasteiger partial charge is 0.290 e. The van der Waals surface area contributed by atoms with E-state index >= 15 is 0 Å². The van der Waals surface area contributed by atoms with E-state index in [1.165, 1.54) is 11.9 Å². The second-order valence-corrected chi connectivity index (χ2v) is 3.40. The highest BCUT2D eigenvalue weighted by atomic mass is 16.3. The highest BCUT2D eigenvalue weighted by Crippen LogP contribution is 2.21. The molecule has 0 unspecified atom stereocenters. The molecule has 16 heavy (non-hydrogen) atoms. The van der Waals surface area contributed by atoms with Gasteiger partial charge in [-0.15, -0.1) is 0 Å². The zero-order chi connectivity index (χ0) is 11.7. The molecule has 1 heterocycles. The normalized spacial score (nSPS) is 10.4. The Kier molecular flexibility index (Phi) is 2.44. The number of hydrogen-bond donors (Lipinski definition) is 0. The second-order valence-electron chi connectivity index (χ2n) is 3.40. The van der Waals surface area contributed by atoms with Crippen LogP contribution in [-0.4, -0.2) is 24.2 Å². The summed E-state index contributed by atoms with van der Waals surface area (Å²) in [6.07, 6.45) is 0.274. The van der Waals surface area contributed by atoms with Crippen LogP contribution >= 0.6 is 0 Å². The van der Waals surface area contributed by atoms with Crippen LogP contribution in [0.2, 0.25) is 0 Å². The number of fused-ring (bicyclic) bond motifs is 1. The van der Waals surface area contributed by atoms with Gasteiger partial charge in [-0.05, 0) is 12.1 Å². The number of amides is 1. The first-order valence-corrected chi connectivity index (χ1v) is 4.72. The van der Waals surface area contributed by atoms with Gasteiger partial charge in [0.25, 0.3) is 5.91 Å². The van der Waals surface area contributed by atoms with Crippen molar-refractivity contribution in [3.05, 3.63) is 24.1 Å². The van der Waals surface area contributed by atoms with Crippen molar-refractivity contribution in [2.75, 3.05) is 11.9 Å². The number of carbonyl (C=O) groups is 2. The van der Waals surface area contributed by atoms with Gasteiger partial charge in [-0.1, -0.05) is 0 Å². The number of oxazole rings is 1. The number of aldehydes is 1. The first-order chi connectivity index (χ1) is 7.61. The molecule has 1 aromatic carbocycles. The summed E-state index contributed by atoms with van der Waals surface area (Å²) >= 11 is 0. The SMILES string of the molecule is Cc1nc2ccc(N(C)C(=O)C=O)cc2o1. The lowest BCUT2D eigenvalue weighted by molar-refractivity contribution is -0.129. The van der Waals surface area contributed by atoms with Crippen LogP contribution in [0.5, 0.6) is 0 Å². The van der Waals surface area contributed by atoms with Gasteiger partial charge in [0.05, 0.1) is 0 Å². The number of hydrogen-bond acceptors (Lipinski definition) is 4.